The Bertz CT molecular complexity index is 364. The molecular weight excluding hydrogens is 378 g/mol. The number of benzene rings is 1. The van der Waals surface area contributed by atoms with E-state index in [0.29, 0.717) is 12.1 Å². The maximum absolute atomic E-state index is 12.7. The van der Waals surface area contributed by atoms with Crippen LogP contribution in [0.2, 0.25) is 0 Å². The summed E-state index contributed by atoms with van der Waals surface area (Å²) in [6.45, 7) is 0. The van der Waals surface area contributed by atoms with Crippen molar-refractivity contribution >= 4 is 69.6 Å². The van der Waals surface area contributed by atoms with E-state index >= 15 is 0 Å². The van der Waals surface area contributed by atoms with Crippen molar-refractivity contribution in [3.63, 3.8) is 0 Å². The van der Waals surface area contributed by atoms with Crippen molar-refractivity contribution in [2.45, 2.75) is 13.8 Å². The first-order valence-electron chi connectivity index (χ1n) is 4.18. The van der Waals surface area contributed by atoms with Gasteiger partial charge in [0.05, 0.1) is 5.56 Å². The van der Waals surface area contributed by atoms with Gasteiger partial charge in [-0.05, 0) is 18.2 Å². The lowest BCUT2D eigenvalue weighted by atomic mass is 10.1. The summed E-state index contributed by atoms with van der Waals surface area (Å²) in [5.74, 6) is 0. The average molecular weight is 381 g/mol. The van der Waals surface area contributed by atoms with E-state index in [0.717, 1.165) is 6.07 Å². The lowest BCUT2D eigenvalue weighted by Gasteiger charge is -2.19. The molecule has 9 heteroatoms. The first-order chi connectivity index (χ1) is 7.82. The van der Waals surface area contributed by atoms with Crippen LogP contribution in [0.5, 0.6) is 0 Å². The minimum atomic E-state index is -4.64. The van der Waals surface area contributed by atoms with Gasteiger partial charge in [-0.25, -0.2) is 0 Å². The monoisotopic (exact) mass is 378 g/mol. The fourth-order valence-electron chi connectivity index (χ4n) is 1.12. The molecule has 0 aliphatic rings. The lowest BCUT2D eigenvalue weighted by Crippen LogP contribution is -2.12. The van der Waals surface area contributed by atoms with Crippen molar-refractivity contribution in [1.29, 1.82) is 0 Å². The Hall–Kier alpha value is 0.750. The molecule has 1 rings (SSSR count). The Morgan fingerprint density at radius 1 is 0.611 bits per heavy atom. The quantitative estimate of drug-likeness (QED) is 0.459. The molecule has 0 saturated carbocycles. The van der Waals surface area contributed by atoms with E-state index in [1.165, 1.54) is 0 Å². The molecule has 0 heterocycles. The topological polar surface area (TPSA) is 0 Å². The van der Waals surface area contributed by atoms with Crippen LogP contribution in [-0.4, -0.2) is 0 Å². The molecule has 0 N–H and O–H groups in total. The SMILES string of the molecule is FC(F)(F)c1cc(C(Cl)(Cl)Cl)cc(C(Cl)(Cl)Cl)c1. The van der Waals surface area contributed by atoms with Gasteiger partial charge in [-0.3, -0.25) is 0 Å². The number of hydrogen-bond acceptors (Lipinski definition) is 0. The summed E-state index contributed by atoms with van der Waals surface area (Å²) in [5.41, 5.74) is -1.53. The lowest BCUT2D eigenvalue weighted by molar-refractivity contribution is -0.137. The van der Waals surface area contributed by atoms with Crippen LogP contribution >= 0.6 is 69.6 Å². The van der Waals surface area contributed by atoms with Gasteiger partial charge in [0.2, 0.25) is 7.59 Å². The minimum Gasteiger partial charge on any atom is -0.166 e. The predicted molar refractivity (Wildman–Crippen MR) is 69.9 cm³/mol. The molecule has 1 aromatic carbocycles. The molecule has 1 aromatic rings. The number of rotatable bonds is 0. The van der Waals surface area contributed by atoms with Crippen LogP contribution in [0.25, 0.3) is 0 Å². The highest BCUT2D eigenvalue weighted by Gasteiger charge is 2.36. The Morgan fingerprint density at radius 3 is 1.11 bits per heavy atom. The summed E-state index contributed by atoms with van der Waals surface area (Å²) < 4.78 is 33.9. The highest BCUT2D eigenvalue weighted by Crippen LogP contribution is 2.45. The third kappa shape index (κ3) is 4.39. The minimum absolute atomic E-state index is 0.233. The summed E-state index contributed by atoms with van der Waals surface area (Å²) in [6.07, 6.45) is -4.64. The molecule has 0 aliphatic heterocycles. The van der Waals surface area contributed by atoms with Crippen LogP contribution in [0.15, 0.2) is 18.2 Å². The fourth-order valence-corrected chi connectivity index (χ4v) is 1.77. The molecule has 102 valence electrons. The second-order valence-corrected chi connectivity index (χ2v) is 7.85. The standard InChI is InChI=1S/C9H3Cl6F3/c10-7(11,12)4-1-5(8(13,14)15)3-6(2-4)9(16,17)18/h1-3H. The van der Waals surface area contributed by atoms with Crippen molar-refractivity contribution in [2.75, 3.05) is 0 Å². The molecule has 0 bridgehead atoms. The highest BCUT2D eigenvalue weighted by atomic mass is 35.6. The zero-order valence-corrected chi connectivity index (χ0v) is 12.7. The second-order valence-electron chi connectivity index (χ2n) is 3.29. The van der Waals surface area contributed by atoms with Crippen LogP contribution in [0, 0.1) is 0 Å². The number of halogens is 9. The third-order valence-corrected chi connectivity index (χ3v) is 3.22. The van der Waals surface area contributed by atoms with E-state index in [2.05, 4.69) is 0 Å². The predicted octanol–water partition coefficient (Wildman–Crippen LogP) is 6.36. The first-order valence-corrected chi connectivity index (χ1v) is 6.45. The molecule has 18 heavy (non-hydrogen) atoms. The largest absolute Gasteiger partial charge is 0.416 e. The fraction of sp³-hybridized carbons (Fsp3) is 0.333. The van der Waals surface area contributed by atoms with Gasteiger partial charge >= 0.3 is 6.18 Å². The van der Waals surface area contributed by atoms with Gasteiger partial charge in [-0.1, -0.05) is 69.6 Å². The van der Waals surface area contributed by atoms with Gasteiger partial charge in [-0.15, -0.1) is 0 Å². The second kappa shape index (κ2) is 5.27. The van der Waals surface area contributed by atoms with E-state index in [-0.39, 0.29) is 11.1 Å². The van der Waals surface area contributed by atoms with Gasteiger partial charge in [0.15, 0.2) is 0 Å². The Morgan fingerprint density at radius 2 is 0.889 bits per heavy atom. The summed E-state index contributed by atoms with van der Waals surface area (Å²) in [7, 11) is 0. The van der Waals surface area contributed by atoms with Gasteiger partial charge in [0.25, 0.3) is 0 Å². The summed E-state index contributed by atoms with van der Waals surface area (Å²) in [6, 6.07) is 2.47. The van der Waals surface area contributed by atoms with Crippen LogP contribution < -0.4 is 0 Å². The molecule has 0 fully saturated rings. The maximum atomic E-state index is 12.7. The van der Waals surface area contributed by atoms with E-state index < -0.39 is 19.3 Å². The summed E-state index contributed by atoms with van der Waals surface area (Å²) in [4.78, 5) is 0. The van der Waals surface area contributed by atoms with Crippen molar-refractivity contribution in [3.05, 3.63) is 34.9 Å². The van der Waals surface area contributed by atoms with Crippen molar-refractivity contribution in [2.24, 2.45) is 0 Å². The zero-order valence-electron chi connectivity index (χ0n) is 8.13. The molecule has 0 aromatic heterocycles. The molecular formula is C9H3Cl6F3. The smallest absolute Gasteiger partial charge is 0.166 e. The van der Waals surface area contributed by atoms with Gasteiger partial charge in [0.1, 0.15) is 0 Å². The molecule has 0 nitrogen and oxygen atoms in total. The zero-order chi connectivity index (χ0) is 14.4. The van der Waals surface area contributed by atoms with Crippen molar-refractivity contribution < 1.29 is 13.2 Å². The molecule has 0 atom stereocenters. The Balaban J connectivity index is 3.49. The van der Waals surface area contributed by atoms with E-state index in [4.69, 9.17) is 69.6 Å². The maximum Gasteiger partial charge on any atom is 0.416 e. The molecule has 0 amide bonds. The summed E-state index contributed by atoms with van der Waals surface area (Å²) in [5, 5.41) is 0. The Labute approximate surface area is 131 Å². The van der Waals surface area contributed by atoms with Crippen molar-refractivity contribution in [1.82, 2.24) is 0 Å². The summed E-state index contributed by atoms with van der Waals surface area (Å²) >= 11 is 33.2. The third-order valence-electron chi connectivity index (χ3n) is 1.91. The average Bonchev–Trinajstić information content (AvgIpc) is 2.13. The first kappa shape index (κ1) is 16.8. The van der Waals surface area contributed by atoms with Crippen molar-refractivity contribution in [3.8, 4) is 0 Å². The molecule has 0 radical (unpaired) electrons. The number of alkyl halides is 9. The van der Waals surface area contributed by atoms with Crippen LogP contribution in [0.3, 0.4) is 0 Å². The van der Waals surface area contributed by atoms with Crippen LogP contribution in [0.4, 0.5) is 13.2 Å². The Kier molecular flexibility index (Phi) is 4.92. The molecule has 0 spiro atoms. The van der Waals surface area contributed by atoms with Gasteiger partial charge in [0, 0.05) is 11.1 Å². The molecule has 0 aliphatic carbocycles. The van der Waals surface area contributed by atoms with E-state index in [1.54, 1.807) is 0 Å². The molecule has 0 saturated heterocycles. The van der Waals surface area contributed by atoms with E-state index in [9.17, 15) is 13.2 Å². The van der Waals surface area contributed by atoms with Crippen LogP contribution in [-0.2, 0) is 13.8 Å². The van der Waals surface area contributed by atoms with Gasteiger partial charge in [-0.2, -0.15) is 13.2 Å². The number of hydrogen-bond donors (Lipinski definition) is 0. The van der Waals surface area contributed by atoms with Crippen LogP contribution in [0.1, 0.15) is 16.7 Å². The molecule has 0 unspecified atom stereocenters. The normalized spacial score (nSPS) is 13.8. The van der Waals surface area contributed by atoms with Gasteiger partial charge < -0.3 is 0 Å². The highest BCUT2D eigenvalue weighted by molar-refractivity contribution is 6.67. The van der Waals surface area contributed by atoms with E-state index in [1.807, 2.05) is 0 Å².